The predicted molar refractivity (Wildman–Crippen MR) is 117 cm³/mol. The Balaban J connectivity index is 1.29. The van der Waals surface area contributed by atoms with Crippen LogP contribution >= 0.6 is 0 Å². The van der Waals surface area contributed by atoms with Gasteiger partial charge in [0.05, 0.1) is 12.4 Å². The maximum atomic E-state index is 11.0. The molecule has 1 aromatic heterocycles. The van der Waals surface area contributed by atoms with Gasteiger partial charge in [0.2, 0.25) is 0 Å². The molecule has 166 valence electrons. The molecular weight excluding hydrogens is 372 g/mol. The molecule has 0 amide bonds. The second kappa shape index (κ2) is 6.38. The van der Waals surface area contributed by atoms with E-state index in [1.54, 1.807) is 6.26 Å². The lowest BCUT2D eigenvalue weighted by Crippen LogP contribution is -2.57. The first kappa shape index (κ1) is 19.9. The molecule has 0 aliphatic heterocycles. The highest BCUT2D eigenvalue weighted by atomic mass is 16.5. The molecule has 0 unspecified atom stereocenters. The number of aliphatic hydroxyl groups is 1. The molecule has 1 spiro atoms. The quantitative estimate of drug-likeness (QED) is 0.637. The maximum Gasteiger partial charge on any atom is 0.132 e. The molecule has 3 nitrogen and oxygen atoms in total. The molecule has 1 aromatic rings. The van der Waals surface area contributed by atoms with Crippen LogP contribution in [0.5, 0.6) is 0 Å². The average molecular weight is 413 g/mol. The van der Waals surface area contributed by atoms with Crippen LogP contribution in [0.3, 0.4) is 0 Å². The Morgan fingerprint density at radius 1 is 1.13 bits per heavy atom. The van der Waals surface area contributed by atoms with E-state index < -0.39 is 6.10 Å². The Morgan fingerprint density at radius 3 is 2.67 bits per heavy atom. The topological polar surface area (TPSA) is 42.6 Å². The number of aliphatic hydroxyl groups excluding tert-OH is 1. The van der Waals surface area contributed by atoms with Crippen molar-refractivity contribution in [2.45, 2.75) is 84.3 Å². The van der Waals surface area contributed by atoms with Crippen LogP contribution in [-0.4, -0.2) is 18.3 Å². The second-order valence-electron chi connectivity index (χ2n) is 12.3. The standard InChI is InChI=1S/C27H40O3/c1-16(24(28)22-6-5-13-30-22)19-7-8-20-18-14-23(29-4)27-15-17(27)9-12-26(27,3)21(18)10-11-25(19,20)2/h5-6,13,16-21,23-24,28H,7-12,14-15H2,1-4H3/t16-,17+,18-,19+,20-,21-,23+,24-,25+,26+,27-/m0/s1. The van der Waals surface area contributed by atoms with Crippen LogP contribution in [0.4, 0.5) is 0 Å². The summed E-state index contributed by atoms with van der Waals surface area (Å²) < 4.78 is 11.8. The van der Waals surface area contributed by atoms with Gasteiger partial charge in [0, 0.05) is 12.5 Å². The van der Waals surface area contributed by atoms with E-state index in [1.807, 2.05) is 19.2 Å². The smallest absolute Gasteiger partial charge is 0.132 e. The van der Waals surface area contributed by atoms with Gasteiger partial charge in [-0.2, -0.15) is 0 Å². The molecule has 5 aliphatic carbocycles. The van der Waals surface area contributed by atoms with Crippen LogP contribution in [0.1, 0.15) is 84.0 Å². The lowest BCUT2D eigenvalue weighted by Gasteiger charge is -2.61. The van der Waals surface area contributed by atoms with Crippen LogP contribution in [0.25, 0.3) is 0 Å². The first-order valence-corrected chi connectivity index (χ1v) is 12.6. The highest BCUT2D eigenvalue weighted by molar-refractivity contribution is 5.26. The van der Waals surface area contributed by atoms with Crippen molar-refractivity contribution >= 4 is 0 Å². The van der Waals surface area contributed by atoms with Crippen LogP contribution < -0.4 is 0 Å². The summed E-state index contributed by atoms with van der Waals surface area (Å²) in [6.45, 7) is 7.49. The van der Waals surface area contributed by atoms with Gasteiger partial charge in [-0.1, -0.05) is 20.8 Å². The lowest BCUT2D eigenvalue weighted by atomic mass is 9.45. The molecule has 0 radical (unpaired) electrons. The molecule has 0 bridgehead atoms. The van der Waals surface area contributed by atoms with E-state index in [1.165, 1.54) is 51.4 Å². The molecule has 0 saturated heterocycles. The van der Waals surface area contributed by atoms with Crippen molar-refractivity contribution in [3.63, 3.8) is 0 Å². The largest absolute Gasteiger partial charge is 0.467 e. The number of furan rings is 1. The van der Waals surface area contributed by atoms with Gasteiger partial charge in [0.1, 0.15) is 11.9 Å². The second-order valence-corrected chi connectivity index (χ2v) is 12.3. The van der Waals surface area contributed by atoms with Crippen molar-refractivity contribution in [1.82, 2.24) is 0 Å². The Hall–Kier alpha value is -0.800. The molecule has 3 heteroatoms. The Morgan fingerprint density at radius 2 is 1.97 bits per heavy atom. The van der Waals surface area contributed by atoms with Crippen molar-refractivity contribution in [1.29, 1.82) is 0 Å². The fourth-order valence-corrected chi connectivity index (χ4v) is 10.4. The van der Waals surface area contributed by atoms with E-state index >= 15 is 0 Å². The van der Waals surface area contributed by atoms with Gasteiger partial charge < -0.3 is 14.3 Å². The van der Waals surface area contributed by atoms with Gasteiger partial charge in [-0.3, -0.25) is 0 Å². The summed E-state index contributed by atoms with van der Waals surface area (Å²) in [6, 6.07) is 3.83. The minimum absolute atomic E-state index is 0.241. The SMILES string of the molecule is CO[C@@H]1C[C@H]2[C@@H]3CC[C@H]([C@H](C)[C@H](O)c4ccco4)[C@@]3(C)CC[C@@H]2[C@@]2(C)CC[C@@H]3C[C@]312. The van der Waals surface area contributed by atoms with Crippen molar-refractivity contribution in [2.75, 3.05) is 7.11 Å². The number of ether oxygens (including phenoxy) is 1. The molecule has 1 N–H and O–H groups in total. The first-order valence-electron chi connectivity index (χ1n) is 12.6. The van der Waals surface area contributed by atoms with Crippen molar-refractivity contribution in [3.8, 4) is 0 Å². The van der Waals surface area contributed by atoms with Crippen molar-refractivity contribution in [3.05, 3.63) is 24.2 Å². The zero-order valence-corrected chi connectivity index (χ0v) is 19.3. The minimum atomic E-state index is -0.487. The van der Waals surface area contributed by atoms with Gasteiger partial charge in [-0.25, -0.2) is 0 Å². The third-order valence-electron chi connectivity index (χ3n) is 11.9. The summed E-state index contributed by atoms with van der Waals surface area (Å²) in [6.07, 6.45) is 12.6. The molecule has 11 atom stereocenters. The van der Waals surface area contributed by atoms with Crippen LogP contribution in [0.15, 0.2) is 22.8 Å². The fourth-order valence-electron chi connectivity index (χ4n) is 10.4. The molecule has 1 heterocycles. The van der Waals surface area contributed by atoms with E-state index in [4.69, 9.17) is 9.15 Å². The van der Waals surface area contributed by atoms with Gasteiger partial charge >= 0.3 is 0 Å². The van der Waals surface area contributed by atoms with E-state index in [-0.39, 0.29) is 5.92 Å². The molecular formula is C27H40O3. The summed E-state index contributed by atoms with van der Waals surface area (Å²) in [7, 11) is 1.98. The van der Waals surface area contributed by atoms with Gasteiger partial charge in [-0.15, -0.1) is 0 Å². The van der Waals surface area contributed by atoms with E-state index in [2.05, 4.69) is 20.8 Å². The number of methoxy groups -OCH3 is 1. The monoisotopic (exact) mass is 412 g/mol. The van der Waals surface area contributed by atoms with E-state index in [9.17, 15) is 5.11 Å². The third kappa shape index (κ3) is 2.24. The molecule has 0 aromatic carbocycles. The predicted octanol–water partition coefficient (Wildman–Crippen LogP) is 6.23. The molecule has 5 saturated carbocycles. The van der Waals surface area contributed by atoms with Crippen molar-refractivity contribution in [2.24, 2.45) is 51.8 Å². The minimum Gasteiger partial charge on any atom is -0.467 e. The fraction of sp³-hybridized carbons (Fsp3) is 0.852. The Kier molecular flexibility index (Phi) is 4.22. The Labute approximate surface area is 181 Å². The van der Waals surface area contributed by atoms with Crippen LogP contribution in [-0.2, 0) is 4.74 Å². The maximum absolute atomic E-state index is 11.0. The number of rotatable bonds is 4. The normalized spacial score (nSPS) is 53.4. The lowest BCUT2D eigenvalue weighted by molar-refractivity contribution is -0.162. The van der Waals surface area contributed by atoms with Crippen LogP contribution in [0, 0.1) is 51.8 Å². The van der Waals surface area contributed by atoms with Gasteiger partial charge in [-0.05, 0) is 110 Å². The van der Waals surface area contributed by atoms with Gasteiger partial charge in [0.25, 0.3) is 0 Å². The first-order chi connectivity index (χ1) is 14.4. The molecule has 30 heavy (non-hydrogen) atoms. The highest BCUT2D eigenvalue weighted by Crippen LogP contribution is 2.82. The number of hydrogen-bond donors (Lipinski definition) is 1. The van der Waals surface area contributed by atoms with Crippen LogP contribution in [0.2, 0.25) is 0 Å². The number of fused-ring (bicyclic) bond motifs is 4. The zero-order valence-electron chi connectivity index (χ0n) is 19.3. The van der Waals surface area contributed by atoms with E-state index in [0.717, 1.165) is 29.4 Å². The number of hydrogen-bond acceptors (Lipinski definition) is 3. The van der Waals surface area contributed by atoms with Gasteiger partial charge in [0.15, 0.2) is 0 Å². The third-order valence-corrected chi connectivity index (χ3v) is 11.9. The summed E-state index contributed by atoms with van der Waals surface area (Å²) >= 11 is 0. The Bertz CT molecular complexity index is 803. The summed E-state index contributed by atoms with van der Waals surface area (Å²) in [4.78, 5) is 0. The molecule has 5 aliphatic rings. The summed E-state index contributed by atoms with van der Waals surface area (Å²) in [5.41, 5.74) is 1.35. The van der Waals surface area contributed by atoms with Crippen molar-refractivity contribution < 1.29 is 14.3 Å². The zero-order chi connectivity index (χ0) is 20.9. The van der Waals surface area contributed by atoms with E-state index in [0.29, 0.717) is 28.3 Å². The average Bonchev–Trinajstić information content (AvgIpc) is 3.06. The molecule has 5 fully saturated rings. The molecule has 6 rings (SSSR count). The summed E-state index contributed by atoms with van der Waals surface area (Å²) in [5, 5.41) is 11.0. The highest BCUT2D eigenvalue weighted by Gasteiger charge is 2.77. The summed E-state index contributed by atoms with van der Waals surface area (Å²) in [5.74, 6) is 4.98.